The molecule has 0 aromatic heterocycles. The average Bonchev–Trinajstić information content (AvgIpc) is 2.67. The Morgan fingerprint density at radius 2 is 2.00 bits per heavy atom. The van der Waals surface area contributed by atoms with Crippen LogP contribution in [0.4, 0.5) is 11.4 Å². The van der Waals surface area contributed by atoms with E-state index >= 15 is 0 Å². The van der Waals surface area contributed by atoms with Crippen LogP contribution in [-0.4, -0.2) is 37.0 Å². The number of nitrogens with zero attached hydrogens (tertiary/aromatic N) is 2. The van der Waals surface area contributed by atoms with Crippen LogP contribution in [0.2, 0.25) is 0 Å². The molecule has 1 aromatic carbocycles. The molecule has 110 valence electrons. The highest BCUT2D eigenvalue weighted by Crippen LogP contribution is 2.41. The van der Waals surface area contributed by atoms with E-state index in [1.807, 2.05) is 17.0 Å². The zero-order valence-electron chi connectivity index (χ0n) is 12.9. The van der Waals surface area contributed by atoms with Gasteiger partial charge in [-0.3, -0.25) is 9.69 Å². The summed E-state index contributed by atoms with van der Waals surface area (Å²) in [6, 6.07) is 5.89. The Labute approximate surface area is 121 Å². The average molecular weight is 275 g/mol. The van der Waals surface area contributed by atoms with Crippen LogP contribution in [0.25, 0.3) is 0 Å². The van der Waals surface area contributed by atoms with E-state index in [9.17, 15) is 4.79 Å². The Balaban J connectivity index is 2.27. The maximum atomic E-state index is 12.6. The van der Waals surface area contributed by atoms with E-state index in [0.717, 1.165) is 25.3 Å². The molecule has 0 saturated heterocycles. The summed E-state index contributed by atoms with van der Waals surface area (Å²) in [5.74, 6) is 0.158. The fourth-order valence-corrected chi connectivity index (χ4v) is 2.86. The van der Waals surface area contributed by atoms with Gasteiger partial charge in [-0.25, -0.2) is 0 Å². The number of benzene rings is 1. The number of carbonyl (C=O) groups is 1. The van der Waals surface area contributed by atoms with Crippen LogP contribution in [0.1, 0.15) is 33.3 Å². The number of nitrogens with two attached hydrogens (primary N) is 1. The zero-order valence-corrected chi connectivity index (χ0v) is 12.9. The molecule has 4 nitrogen and oxygen atoms in total. The molecule has 0 radical (unpaired) electrons. The van der Waals surface area contributed by atoms with Gasteiger partial charge >= 0.3 is 0 Å². The summed E-state index contributed by atoms with van der Waals surface area (Å²) < 4.78 is 0. The van der Waals surface area contributed by atoms with Gasteiger partial charge in [-0.05, 0) is 30.8 Å². The van der Waals surface area contributed by atoms with Crippen molar-refractivity contribution in [3.05, 3.63) is 23.8 Å². The molecule has 0 saturated carbocycles. The SMILES string of the molecule is CCN(CC)CC(=O)N1CC(C)(C)c2ccc(N)cc21. The maximum Gasteiger partial charge on any atom is 0.241 e. The summed E-state index contributed by atoms with van der Waals surface area (Å²) in [7, 11) is 0. The zero-order chi connectivity index (χ0) is 14.9. The number of hydrogen-bond donors (Lipinski definition) is 1. The van der Waals surface area contributed by atoms with Gasteiger partial charge in [0.2, 0.25) is 5.91 Å². The van der Waals surface area contributed by atoms with E-state index in [2.05, 4.69) is 38.7 Å². The minimum absolute atomic E-state index is 0.0120. The lowest BCUT2D eigenvalue weighted by Gasteiger charge is -2.24. The predicted molar refractivity (Wildman–Crippen MR) is 84.0 cm³/mol. The van der Waals surface area contributed by atoms with E-state index in [1.54, 1.807) is 0 Å². The van der Waals surface area contributed by atoms with Crippen molar-refractivity contribution < 1.29 is 4.79 Å². The molecule has 0 unspecified atom stereocenters. The second-order valence-electron chi connectivity index (χ2n) is 6.10. The number of carbonyl (C=O) groups excluding carboxylic acids is 1. The van der Waals surface area contributed by atoms with E-state index in [0.29, 0.717) is 12.2 Å². The van der Waals surface area contributed by atoms with Gasteiger partial charge in [0.1, 0.15) is 0 Å². The fourth-order valence-electron chi connectivity index (χ4n) is 2.86. The third-order valence-corrected chi connectivity index (χ3v) is 4.15. The molecule has 0 bridgehead atoms. The lowest BCUT2D eigenvalue weighted by Crippen LogP contribution is -2.41. The van der Waals surface area contributed by atoms with Gasteiger partial charge in [0.15, 0.2) is 0 Å². The number of fused-ring (bicyclic) bond motifs is 1. The predicted octanol–water partition coefficient (Wildman–Crippen LogP) is 2.23. The molecule has 1 heterocycles. The summed E-state index contributed by atoms with van der Waals surface area (Å²) in [6.45, 7) is 11.5. The highest BCUT2D eigenvalue weighted by atomic mass is 16.2. The van der Waals surface area contributed by atoms with Crippen LogP contribution in [0.15, 0.2) is 18.2 Å². The lowest BCUT2D eigenvalue weighted by atomic mass is 9.87. The van der Waals surface area contributed by atoms with Crippen LogP contribution in [0.5, 0.6) is 0 Å². The number of anilines is 2. The van der Waals surface area contributed by atoms with E-state index < -0.39 is 0 Å². The Bertz CT molecular complexity index is 506. The molecule has 4 heteroatoms. The molecular formula is C16H25N3O. The molecule has 0 aliphatic carbocycles. The van der Waals surface area contributed by atoms with Crippen LogP contribution in [-0.2, 0) is 10.2 Å². The molecule has 20 heavy (non-hydrogen) atoms. The molecule has 1 aliphatic heterocycles. The Morgan fingerprint density at radius 1 is 1.35 bits per heavy atom. The first kappa shape index (κ1) is 14.9. The van der Waals surface area contributed by atoms with Crippen molar-refractivity contribution in [3.63, 3.8) is 0 Å². The minimum Gasteiger partial charge on any atom is -0.399 e. The van der Waals surface area contributed by atoms with E-state index in [-0.39, 0.29) is 11.3 Å². The van der Waals surface area contributed by atoms with Crippen molar-refractivity contribution in [1.82, 2.24) is 4.90 Å². The first-order valence-electron chi connectivity index (χ1n) is 7.31. The molecule has 2 N–H and O–H groups in total. The van der Waals surface area contributed by atoms with Gasteiger partial charge in [-0.2, -0.15) is 0 Å². The standard InChI is InChI=1S/C16H25N3O/c1-5-18(6-2)10-15(20)19-11-16(3,4)13-8-7-12(17)9-14(13)19/h7-9H,5-6,10-11,17H2,1-4H3. The highest BCUT2D eigenvalue weighted by Gasteiger charge is 2.38. The van der Waals surface area contributed by atoms with Crippen LogP contribution in [0.3, 0.4) is 0 Å². The molecule has 1 aliphatic rings. The monoisotopic (exact) mass is 275 g/mol. The summed E-state index contributed by atoms with van der Waals surface area (Å²) in [5, 5.41) is 0. The lowest BCUT2D eigenvalue weighted by molar-refractivity contribution is -0.119. The molecule has 0 atom stereocenters. The summed E-state index contributed by atoms with van der Waals surface area (Å²) in [6.07, 6.45) is 0. The summed E-state index contributed by atoms with van der Waals surface area (Å²) >= 11 is 0. The summed E-state index contributed by atoms with van der Waals surface area (Å²) in [4.78, 5) is 16.6. The molecule has 0 spiro atoms. The Kier molecular flexibility index (Phi) is 4.04. The van der Waals surface area contributed by atoms with Crippen LogP contribution >= 0.6 is 0 Å². The van der Waals surface area contributed by atoms with Crippen molar-refractivity contribution in [3.8, 4) is 0 Å². The van der Waals surface area contributed by atoms with Crippen molar-refractivity contribution in [2.75, 3.05) is 36.8 Å². The number of amides is 1. The van der Waals surface area contributed by atoms with Crippen molar-refractivity contribution in [2.24, 2.45) is 0 Å². The van der Waals surface area contributed by atoms with Crippen LogP contribution in [0, 0.1) is 0 Å². The third kappa shape index (κ3) is 2.66. The molecule has 1 aromatic rings. The first-order valence-corrected chi connectivity index (χ1v) is 7.31. The molecular weight excluding hydrogens is 250 g/mol. The topological polar surface area (TPSA) is 49.6 Å². The quantitative estimate of drug-likeness (QED) is 0.857. The molecule has 0 fully saturated rings. The van der Waals surface area contributed by atoms with Gasteiger partial charge < -0.3 is 10.6 Å². The maximum absolute atomic E-state index is 12.6. The van der Waals surface area contributed by atoms with Gasteiger partial charge in [-0.15, -0.1) is 0 Å². The van der Waals surface area contributed by atoms with Crippen LogP contribution < -0.4 is 10.6 Å². The van der Waals surface area contributed by atoms with E-state index in [4.69, 9.17) is 5.73 Å². The Hall–Kier alpha value is -1.55. The largest absolute Gasteiger partial charge is 0.399 e. The number of likely N-dealkylation sites (N-methyl/N-ethyl adjacent to an activating group) is 1. The minimum atomic E-state index is -0.0120. The molecule has 2 rings (SSSR count). The van der Waals surface area contributed by atoms with Crippen molar-refractivity contribution in [2.45, 2.75) is 33.1 Å². The smallest absolute Gasteiger partial charge is 0.241 e. The number of hydrogen-bond acceptors (Lipinski definition) is 3. The normalized spacial score (nSPS) is 16.6. The van der Waals surface area contributed by atoms with Crippen molar-refractivity contribution in [1.29, 1.82) is 0 Å². The number of nitrogen functional groups attached to an aromatic ring is 1. The van der Waals surface area contributed by atoms with Crippen molar-refractivity contribution >= 4 is 17.3 Å². The van der Waals surface area contributed by atoms with Gasteiger partial charge in [-0.1, -0.05) is 33.8 Å². The van der Waals surface area contributed by atoms with Gasteiger partial charge in [0, 0.05) is 23.3 Å². The van der Waals surface area contributed by atoms with E-state index in [1.165, 1.54) is 5.56 Å². The highest BCUT2D eigenvalue weighted by molar-refractivity contribution is 5.98. The summed E-state index contributed by atoms with van der Waals surface area (Å²) in [5.41, 5.74) is 8.77. The Morgan fingerprint density at radius 3 is 2.60 bits per heavy atom. The fraction of sp³-hybridized carbons (Fsp3) is 0.562. The van der Waals surface area contributed by atoms with Gasteiger partial charge in [0.25, 0.3) is 0 Å². The second kappa shape index (κ2) is 5.44. The third-order valence-electron chi connectivity index (χ3n) is 4.15. The molecule has 1 amide bonds. The van der Waals surface area contributed by atoms with Gasteiger partial charge in [0.05, 0.1) is 6.54 Å². The second-order valence-corrected chi connectivity index (χ2v) is 6.10. The number of rotatable bonds is 4. The first-order chi connectivity index (χ1) is 9.39.